The van der Waals surface area contributed by atoms with Crippen LogP contribution in [0.3, 0.4) is 0 Å². The molecule has 1 heterocycles. The van der Waals surface area contributed by atoms with Crippen molar-refractivity contribution in [2.45, 2.75) is 12.3 Å². The Morgan fingerprint density at radius 3 is 2.21 bits per heavy atom. The molecule has 1 aliphatic heterocycles. The lowest BCUT2D eigenvalue weighted by molar-refractivity contribution is -0.125. The quantitative estimate of drug-likeness (QED) is 0.554. The molecule has 0 bridgehead atoms. The number of rotatable bonds is 10. The van der Waals surface area contributed by atoms with E-state index in [9.17, 15) is 9.59 Å². The summed E-state index contributed by atoms with van der Waals surface area (Å²) in [5.74, 6) is 0.685. The Balaban J connectivity index is 1.91. The number of hydrogen-bond acceptors (Lipinski definition) is 6. The van der Waals surface area contributed by atoms with Crippen molar-refractivity contribution in [3.63, 3.8) is 0 Å². The van der Waals surface area contributed by atoms with E-state index >= 15 is 0 Å². The number of likely N-dealkylation sites (tertiary alicyclic amines) is 1. The smallest absolute Gasteiger partial charge is 0.253 e. The van der Waals surface area contributed by atoms with Crippen LogP contribution < -0.4 is 19.5 Å². The molecule has 1 saturated heterocycles. The first-order chi connectivity index (χ1) is 16.0. The van der Waals surface area contributed by atoms with Crippen LogP contribution in [0.1, 0.15) is 28.3 Å². The van der Waals surface area contributed by atoms with Crippen molar-refractivity contribution in [2.24, 2.45) is 5.92 Å². The highest BCUT2D eigenvalue weighted by Gasteiger charge is 2.41. The minimum Gasteiger partial charge on any atom is -0.493 e. The number of ether oxygens (including phenoxy) is 4. The molecule has 1 fully saturated rings. The van der Waals surface area contributed by atoms with Crippen LogP contribution in [-0.4, -0.2) is 71.4 Å². The highest BCUT2D eigenvalue weighted by molar-refractivity contribution is 5.95. The second-order valence-electron chi connectivity index (χ2n) is 7.89. The van der Waals surface area contributed by atoms with Gasteiger partial charge in [0, 0.05) is 44.8 Å². The maximum absolute atomic E-state index is 13.2. The van der Waals surface area contributed by atoms with E-state index in [0.29, 0.717) is 49.1 Å². The molecule has 0 aliphatic carbocycles. The Kier molecular flexibility index (Phi) is 8.54. The molecule has 0 aromatic heterocycles. The standard InChI is InChI=1S/C25H32N2O6/c1-30-12-8-11-26-24(28)20-16-27(25(29)17-9-6-5-7-10-17)15-19(20)18-13-21(31-2)23(33-4)22(14-18)32-3/h5-7,9-10,13-14,19-20H,8,11-12,15-16H2,1-4H3,(H,26,28)/t19-,20+/m1/s1. The third kappa shape index (κ3) is 5.57. The predicted octanol–water partition coefficient (Wildman–Crippen LogP) is 2.72. The molecule has 2 amide bonds. The zero-order valence-corrected chi connectivity index (χ0v) is 19.6. The number of benzene rings is 2. The lowest BCUT2D eigenvalue weighted by atomic mass is 9.88. The molecule has 33 heavy (non-hydrogen) atoms. The van der Waals surface area contributed by atoms with E-state index < -0.39 is 5.92 Å². The van der Waals surface area contributed by atoms with Crippen molar-refractivity contribution in [2.75, 3.05) is 54.7 Å². The summed E-state index contributed by atoms with van der Waals surface area (Å²) in [4.78, 5) is 28.0. The molecule has 178 valence electrons. The predicted molar refractivity (Wildman–Crippen MR) is 124 cm³/mol. The topological polar surface area (TPSA) is 86.3 Å². The lowest BCUT2D eigenvalue weighted by Gasteiger charge is -2.21. The van der Waals surface area contributed by atoms with Crippen LogP contribution in [0.2, 0.25) is 0 Å². The average Bonchev–Trinajstić information content (AvgIpc) is 3.31. The van der Waals surface area contributed by atoms with Gasteiger partial charge in [0.1, 0.15) is 0 Å². The van der Waals surface area contributed by atoms with Gasteiger partial charge in [-0.3, -0.25) is 9.59 Å². The van der Waals surface area contributed by atoms with Crippen molar-refractivity contribution in [1.29, 1.82) is 0 Å². The minimum atomic E-state index is -0.414. The number of carbonyl (C=O) groups is 2. The van der Waals surface area contributed by atoms with E-state index in [1.807, 2.05) is 30.3 Å². The first-order valence-electron chi connectivity index (χ1n) is 10.9. The molecule has 8 nitrogen and oxygen atoms in total. The Morgan fingerprint density at radius 1 is 0.970 bits per heavy atom. The first kappa shape index (κ1) is 24.4. The van der Waals surface area contributed by atoms with Crippen molar-refractivity contribution < 1.29 is 28.5 Å². The Morgan fingerprint density at radius 2 is 1.64 bits per heavy atom. The molecule has 2 aromatic rings. The molecule has 2 aromatic carbocycles. The second-order valence-corrected chi connectivity index (χ2v) is 7.89. The zero-order chi connectivity index (χ0) is 23.8. The molecule has 8 heteroatoms. The molecular formula is C25H32N2O6. The highest BCUT2D eigenvalue weighted by Crippen LogP contribution is 2.43. The highest BCUT2D eigenvalue weighted by atomic mass is 16.5. The first-order valence-corrected chi connectivity index (χ1v) is 10.9. The fourth-order valence-electron chi connectivity index (χ4n) is 4.21. The molecule has 0 saturated carbocycles. The van der Waals surface area contributed by atoms with Gasteiger partial charge < -0.3 is 29.2 Å². The van der Waals surface area contributed by atoms with Gasteiger partial charge in [-0.25, -0.2) is 0 Å². The average molecular weight is 457 g/mol. The maximum Gasteiger partial charge on any atom is 0.253 e. The third-order valence-corrected chi connectivity index (χ3v) is 5.90. The van der Waals surface area contributed by atoms with Crippen molar-refractivity contribution in [3.8, 4) is 17.2 Å². The van der Waals surface area contributed by atoms with E-state index in [0.717, 1.165) is 12.0 Å². The molecular weight excluding hydrogens is 424 g/mol. The van der Waals surface area contributed by atoms with Crippen LogP contribution in [0.4, 0.5) is 0 Å². The summed E-state index contributed by atoms with van der Waals surface area (Å²) in [6.07, 6.45) is 0.719. The summed E-state index contributed by atoms with van der Waals surface area (Å²) in [6, 6.07) is 12.8. The van der Waals surface area contributed by atoms with Gasteiger partial charge in [0.05, 0.1) is 27.2 Å². The van der Waals surface area contributed by atoms with Crippen molar-refractivity contribution in [1.82, 2.24) is 10.2 Å². The Labute approximate surface area is 194 Å². The fraction of sp³-hybridized carbons (Fsp3) is 0.440. The molecule has 1 aliphatic rings. The number of nitrogens with one attached hydrogen (secondary N) is 1. The molecule has 0 radical (unpaired) electrons. The van der Waals surface area contributed by atoms with Crippen molar-refractivity contribution >= 4 is 11.8 Å². The zero-order valence-electron chi connectivity index (χ0n) is 19.6. The van der Waals surface area contributed by atoms with E-state index in [2.05, 4.69) is 5.32 Å². The second kappa shape index (κ2) is 11.6. The van der Waals surface area contributed by atoms with Gasteiger partial charge in [-0.05, 0) is 36.2 Å². The summed E-state index contributed by atoms with van der Waals surface area (Å²) >= 11 is 0. The van der Waals surface area contributed by atoms with E-state index in [-0.39, 0.29) is 17.7 Å². The summed E-state index contributed by atoms with van der Waals surface area (Å²) in [6.45, 7) is 1.81. The number of amides is 2. The minimum absolute atomic E-state index is 0.0896. The molecule has 1 N–H and O–H groups in total. The van der Waals surface area contributed by atoms with Crippen LogP contribution in [0.25, 0.3) is 0 Å². The van der Waals surface area contributed by atoms with Crippen LogP contribution in [0.15, 0.2) is 42.5 Å². The summed E-state index contributed by atoms with van der Waals surface area (Å²) < 4.78 is 21.5. The molecule has 3 rings (SSSR count). The number of carbonyl (C=O) groups excluding carboxylic acids is 2. The van der Waals surface area contributed by atoms with Crippen LogP contribution >= 0.6 is 0 Å². The van der Waals surface area contributed by atoms with Gasteiger partial charge in [0.2, 0.25) is 11.7 Å². The molecule has 0 unspecified atom stereocenters. The summed E-state index contributed by atoms with van der Waals surface area (Å²) in [5.41, 5.74) is 1.45. The third-order valence-electron chi connectivity index (χ3n) is 5.90. The monoisotopic (exact) mass is 456 g/mol. The molecule has 0 spiro atoms. The number of methoxy groups -OCH3 is 4. The number of nitrogens with zero attached hydrogens (tertiary/aromatic N) is 1. The summed E-state index contributed by atoms with van der Waals surface area (Å²) in [5, 5.41) is 2.99. The Bertz CT molecular complexity index is 924. The van der Waals surface area contributed by atoms with Crippen LogP contribution in [-0.2, 0) is 9.53 Å². The Hall–Kier alpha value is -3.26. The fourth-order valence-corrected chi connectivity index (χ4v) is 4.21. The van der Waals surface area contributed by atoms with Gasteiger partial charge in [0.15, 0.2) is 11.5 Å². The SMILES string of the molecule is COCCCNC(=O)[C@H]1CN(C(=O)c2ccccc2)C[C@@H]1c1cc(OC)c(OC)c(OC)c1. The maximum atomic E-state index is 13.2. The van der Waals surface area contributed by atoms with Gasteiger partial charge in [-0.1, -0.05) is 18.2 Å². The van der Waals surface area contributed by atoms with E-state index in [1.165, 1.54) is 0 Å². The summed E-state index contributed by atoms with van der Waals surface area (Å²) in [7, 11) is 6.29. The van der Waals surface area contributed by atoms with Gasteiger partial charge >= 0.3 is 0 Å². The van der Waals surface area contributed by atoms with Gasteiger partial charge in [-0.15, -0.1) is 0 Å². The van der Waals surface area contributed by atoms with E-state index in [1.54, 1.807) is 45.5 Å². The van der Waals surface area contributed by atoms with Gasteiger partial charge in [0.25, 0.3) is 5.91 Å². The van der Waals surface area contributed by atoms with Crippen LogP contribution in [0.5, 0.6) is 17.2 Å². The number of hydrogen-bond donors (Lipinski definition) is 1. The molecule has 2 atom stereocenters. The van der Waals surface area contributed by atoms with Gasteiger partial charge in [-0.2, -0.15) is 0 Å². The largest absolute Gasteiger partial charge is 0.493 e. The van der Waals surface area contributed by atoms with Crippen LogP contribution in [0, 0.1) is 5.92 Å². The normalized spacial score (nSPS) is 17.5. The lowest BCUT2D eigenvalue weighted by Crippen LogP contribution is -2.36. The van der Waals surface area contributed by atoms with E-state index in [4.69, 9.17) is 18.9 Å². The van der Waals surface area contributed by atoms with Crippen molar-refractivity contribution in [3.05, 3.63) is 53.6 Å².